The van der Waals surface area contributed by atoms with E-state index in [1.807, 2.05) is 24.3 Å². The minimum atomic E-state index is -0.505. The van der Waals surface area contributed by atoms with Gasteiger partial charge in [-0.1, -0.05) is 57.5 Å². The van der Waals surface area contributed by atoms with Crippen molar-refractivity contribution >= 4 is 11.5 Å². The quantitative estimate of drug-likeness (QED) is 0.425. The second-order valence-electron chi connectivity index (χ2n) is 9.53. The van der Waals surface area contributed by atoms with Crippen LogP contribution in [0, 0.1) is 16.6 Å². The van der Waals surface area contributed by atoms with E-state index in [2.05, 4.69) is 32.6 Å². The first-order valence-corrected chi connectivity index (χ1v) is 9.98. The molecule has 0 aromatic heterocycles. The molecule has 0 N–H and O–H groups in total. The summed E-state index contributed by atoms with van der Waals surface area (Å²) in [7, 11) is 0. The average molecular weight is 397 g/mol. The van der Waals surface area contributed by atoms with E-state index in [1.165, 1.54) is 24.6 Å². The third-order valence-corrected chi connectivity index (χ3v) is 5.23. The fourth-order valence-electron chi connectivity index (χ4n) is 4.79. The molecule has 1 aliphatic carbocycles. The third kappa shape index (κ3) is 5.47. The molecule has 0 aliphatic heterocycles. The maximum absolute atomic E-state index is 13.6. The lowest BCUT2D eigenvalue weighted by molar-refractivity contribution is -0.210. The van der Waals surface area contributed by atoms with E-state index in [4.69, 9.17) is 4.89 Å². The van der Waals surface area contributed by atoms with Crippen LogP contribution in [-0.4, -0.2) is 5.97 Å². The zero-order chi connectivity index (χ0) is 21.2. The Hall–Kier alpha value is -2.62. The fraction of sp³-hybridized carbons (Fsp3) is 0.400. The number of carbonyl (C=O) groups is 1. The van der Waals surface area contributed by atoms with Crippen LogP contribution in [0.25, 0.3) is 5.57 Å². The second kappa shape index (κ2) is 8.02. The molecule has 0 bridgehead atoms. The van der Waals surface area contributed by atoms with Gasteiger partial charge in [0.25, 0.3) is 0 Å². The van der Waals surface area contributed by atoms with Crippen LogP contribution >= 0.6 is 0 Å². The smallest absolute Gasteiger partial charge is 0.287 e. The summed E-state index contributed by atoms with van der Waals surface area (Å²) in [5.41, 5.74) is 4.96. The number of hydrogen-bond donors (Lipinski definition) is 0. The van der Waals surface area contributed by atoms with Crippen LogP contribution in [-0.2, 0) is 9.68 Å². The lowest BCUT2D eigenvalue weighted by atomic mass is 9.62. The van der Waals surface area contributed by atoms with E-state index < -0.39 is 5.97 Å². The van der Waals surface area contributed by atoms with Gasteiger partial charge in [0.1, 0.15) is 5.82 Å². The molecule has 154 valence electrons. The number of hydrogen-bond acceptors (Lipinski definition) is 3. The summed E-state index contributed by atoms with van der Waals surface area (Å²) >= 11 is 0. The summed E-state index contributed by atoms with van der Waals surface area (Å²) in [4.78, 5) is 20.6. The Balaban J connectivity index is 2.07. The van der Waals surface area contributed by atoms with Gasteiger partial charge in [-0.05, 0) is 71.1 Å². The van der Waals surface area contributed by atoms with Crippen LogP contribution in [0.2, 0.25) is 0 Å². The Morgan fingerprint density at radius 1 is 0.862 bits per heavy atom. The van der Waals surface area contributed by atoms with E-state index in [9.17, 15) is 9.18 Å². The van der Waals surface area contributed by atoms with Crippen molar-refractivity contribution < 1.29 is 19.0 Å². The summed E-state index contributed by atoms with van der Waals surface area (Å²) in [6.07, 6.45) is 3.15. The van der Waals surface area contributed by atoms with Crippen molar-refractivity contribution in [2.45, 2.75) is 53.9 Å². The van der Waals surface area contributed by atoms with Gasteiger partial charge in [0.15, 0.2) is 5.75 Å². The molecule has 3 rings (SSSR count). The molecule has 0 spiro atoms. The number of allylic oxidation sites excluding steroid dienone is 1. The number of halogens is 1. The van der Waals surface area contributed by atoms with E-state index in [0.29, 0.717) is 5.75 Å². The van der Waals surface area contributed by atoms with Gasteiger partial charge in [0.05, 0.1) is 0 Å². The Morgan fingerprint density at radius 2 is 1.34 bits per heavy atom. The molecule has 0 saturated heterocycles. The van der Waals surface area contributed by atoms with E-state index in [1.54, 1.807) is 12.1 Å². The minimum Gasteiger partial charge on any atom is -0.287 e. The molecule has 29 heavy (non-hydrogen) atoms. The molecule has 0 radical (unpaired) electrons. The van der Waals surface area contributed by atoms with Crippen LogP contribution in [0.4, 0.5) is 4.39 Å². The number of benzene rings is 2. The predicted octanol–water partition coefficient (Wildman–Crippen LogP) is 6.72. The standard InChI is InChI=1S/C25H29FO3/c1-17(27)28-29-22-12-8-19(9-13-22)23(18-6-10-21(26)11-7-18)20-14-24(2,3)16-25(4,5)15-20/h6-13H,14-16H2,1-5H3. The first-order valence-electron chi connectivity index (χ1n) is 9.98. The topological polar surface area (TPSA) is 35.5 Å². The second-order valence-corrected chi connectivity index (χ2v) is 9.53. The molecule has 3 nitrogen and oxygen atoms in total. The summed E-state index contributed by atoms with van der Waals surface area (Å²) in [6.45, 7) is 10.5. The van der Waals surface area contributed by atoms with E-state index >= 15 is 0 Å². The summed E-state index contributed by atoms with van der Waals surface area (Å²) in [5, 5.41) is 0. The van der Waals surface area contributed by atoms with Crippen molar-refractivity contribution in [1.82, 2.24) is 0 Å². The highest BCUT2D eigenvalue weighted by molar-refractivity contribution is 5.82. The van der Waals surface area contributed by atoms with Gasteiger partial charge in [0.2, 0.25) is 0 Å². The molecule has 0 unspecified atom stereocenters. The molecule has 2 aromatic rings. The molecular weight excluding hydrogens is 367 g/mol. The van der Waals surface area contributed by atoms with Crippen molar-refractivity contribution in [3.8, 4) is 5.75 Å². The monoisotopic (exact) mass is 396 g/mol. The first kappa shape index (κ1) is 21.1. The molecule has 1 aliphatic rings. The maximum atomic E-state index is 13.6. The van der Waals surface area contributed by atoms with Crippen LogP contribution < -0.4 is 4.89 Å². The van der Waals surface area contributed by atoms with Crippen molar-refractivity contribution in [2.75, 3.05) is 0 Å². The van der Waals surface area contributed by atoms with Gasteiger partial charge < -0.3 is 0 Å². The molecule has 1 fully saturated rings. The molecule has 1 saturated carbocycles. The van der Waals surface area contributed by atoms with Crippen LogP contribution in [0.5, 0.6) is 5.75 Å². The van der Waals surface area contributed by atoms with Gasteiger partial charge in [-0.2, -0.15) is 0 Å². The largest absolute Gasteiger partial charge is 0.352 e. The molecule has 4 heteroatoms. The molecule has 0 heterocycles. The van der Waals surface area contributed by atoms with Crippen LogP contribution in [0.3, 0.4) is 0 Å². The van der Waals surface area contributed by atoms with E-state index in [-0.39, 0.29) is 16.6 Å². The molecule has 2 aromatic carbocycles. The Kier molecular flexibility index (Phi) is 5.83. The summed E-state index contributed by atoms with van der Waals surface area (Å²) in [5.74, 6) is -0.292. The summed E-state index contributed by atoms with van der Waals surface area (Å²) in [6, 6.07) is 14.2. The van der Waals surface area contributed by atoms with Gasteiger partial charge in [-0.3, -0.25) is 9.78 Å². The van der Waals surface area contributed by atoms with Gasteiger partial charge in [-0.25, -0.2) is 9.18 Å². The van der Waals surface area contributed by atoms with Crippen LogP contribution in [0.1, 0.15) is 65.0 Å². The number of rotatable bonds is 4. The minimum absolute atomic E-state index is 0.195. The number of carbonyl (C=O) groups excluding carboxylic acids is 1. The summed E-state index contributed by atoms with van der Waals surface area (Å²) < 4.78 is 13.6. The Bertz CT molecular complexity index is 888. The van der Waals surface area contributed by atoms with Crippen molar-refractivity contribution in [2.24, 2.45) is 10.8 Å². The fourth-order valence-corrected chi connectivity index (χ4v) is 4.79. The molecular formula is C25H29FO3. The first-order chi connectivity index (χ1) is 13.5. The van der Waals surface area contributed by atoms with Crippen molar-refractivity contribution in [1.29, 1.82) is 0 Å². The van der Waals surface area contributed by atoms with Gasteiger partial charge >= 0.3 is 5.97 Å². The molecule has 0 atom stereocenters. The predicted molar refractivity (Wildman–Crippen MR) is 113 cm³/mol. The van der Waals surface area contributed by atoms with Crippen molar-refractivity contribution in [3.05, 3.63) is 71.0 Å². The highest BCUT2D eigenvalue weighted by Crippen LogP contribution is 2.50. The maximum Gasteiger partial charge on any atom is 0.352 e. The van der Waals surface area contributed by atoms with Gasteiger partial charge in [-0.15, -0.1) is 0 Å². The third-order valence-electron chi connectivity index (χ3n) is 5.23. The SMILES string of the molecule is CC(=O)OOc1ccc(C(=C2CC(C)(C)CC(C)(C)C2)c2ccc(F)cc2)cc1. The van der Waals surface area contributed by atoms with Crippen molar-refractivity contribution in [3.63, 3.8) is 0 Å². The average Bonchev–Trinajstić information content (AvgIpc) is 2.60. The zero-order valence-corrected chi connectivity index (χ0v) is 17.8. The lowest BCUT2D eigenvalue weighted by Crippen LogP contribution is -2.30. The zero-order valence-electron chi connectivity index (χ0n) is 17.8. The van der Waals surface area contributed by atoms with Gasteiger partial charge in [0, 0.05) is 6.92 Å². The van der Waals surface area contributed by atoms with Crippen LogP contribution in [0.15, 0.2) is 54.1 Å². The Labute approximate surface area is 172 Å². The Morgan fingerprint density at radius 3 is 1.83 bits per heavy atom. The van der Waals surface area contributed by atoms with E-state index in [0.717, 1.165) is 36.0 Å². The molecule has 0 amide bonds. The highest BCUT2D eigenvalue weighted by Gasteiger charge is 2.37. The highest BCUT2D eigenvalue weighted by atomic mass is 19.1. The lowest BCUT2D eigenvalue weighted by Gasteiger charge is -2.43. The normalized spacial score (nSPS) is 17.5.